The molecule has 0 fully saturated rings. The molecule has 1 unspecified atom stereocenters. The number of nitrogens with zero attached hydrogens (tertiary/aromatic N) is 2. The van der Waals surface area contributed by atoms with Crippen molar-refractivity contribution in [2.24, 2.45) is 0 Å². The highest BCUT2D eigenvalue weighted by atomic mass is 16.6. The van der Waals surface area contributed by atoms with Crippen molar-refractivity contribution in [3.05, 3.63) is 29.8 Å². The molecule has 0 aromatic heterocycles. The van der Waals surface area contributed by atoms with Gasteiger partial charge in [0.15, 0.2) is 0 Å². The average molecular weight is 344 g/mol. The summed E-state index contributed by atoms with van der Waals surface area (Å²) in [6.07, 6.45) is 9.60. The summed E-state index contributed by atoms with van der Waals surface area (Å²) < 4.78 is 5.52. The summed E-state index contributed by atoms with van der Waals surface area (Å²) in [6.45, 7) is 6.54. The van der Waals surface area contributed by atoms with Crippen LogP contribution in [0.25, 0.3) is 0 Å². The molecule has 1 aromatic carbocycles. The third-order valence-electron chi connectivity index (χ3n) is 4.24. The predicted molar refractivity (Wildman–Crippen MR) is 104 cm³/mol. The maximum atomic E-state index is 12.2. The fourth-order valence-corrected chi connectivity index (χ4v) is 2.72. The molecule has 0 bridgehead atoms. The maximum Gasteiger partial charge on any atom is 0.414 e. The highest BCUT2D eigenvalue weighted by Crippen LogP contribution is 2.22. The minimum absolute atomic E-state index is 0.300. The van der Waals surface area contributed by atoms with Crippen LogP contribution < -0.4 is 4.74 Å². The molecule has 0 aliphatic heterocycles. The number of ether oxygens (including phenoxy) is 1. The van der Waals surface area contributed by atoms with E-state index in [-0.39, 0.29) is 6.09 Å². The lowest BCUT2D eigenvalue weighted by molar-refractivity contribution is 0.162. The van der Waals surface area contributed by atoms with Crippen LogP contribution in [0.5, 0.6) is 5.75 Å². The van der Waals surface area contributed by atoms with E-state index in [1.165, 1.54) is 12.8 Å². The zero-order chi connectivity index (χ0) is 18.7. The first-order chi connectivity index (χ1) is 12.0. The van der Waals surface area contributed by atoms with Gasteiger partial charge in [-0.05, 0) is 37.1 Å². The van der Waals surface area contributed by atoms with Crippen LogP contribution >= 0.6 is 0 Å². The zero-order valence-electron chi connectivity index (χ0n) is 16.1. The summed E-state index contributed by atoms with van der Waals surface area (Å²) in [4.78, 5) is 15.9. The molecule has 1 amide bonds. The molecule has 1 atom stereocenters. The van der Waals surface area contributed by atoms with Gasteiger partial charge in [0.05, 0.1) is 6.54 Å². The first-order valence-corrected chi connectivity index (χ1v) is 9.12. The summed E-state index contributed by atoms with van der Waals surface area (Å²) in [5.74, 6) is 3.55. The minimum Gasteiger partial charge on any atom is -0.410 e. The standard InChI is InChI=1S/C21H32N2O2/c1-6-8-9-10-15-23(5)21(24)25-20-13-11-12-19(16-20)18(3)17-22(4)14-7-2/h2,11-13,16,18H,6,8-10,14-15,17H2,1,3-5H3. The van der Waals surface area contributed by atoms with Crippen LogP contribution in [-0.2, 0) is 0 Å². The number of hydrogen-bond donors (Lipinski definition) is 0. The Hall–Kier alpha value is -1.99. The van der Waals surface area contributed by atoms with Crippen molar-refractivity contribution >= 4 is 6.09 Å². The van der Waals surface area contributed by atoms with Gasteiger partial charge in [-0.15, -0.1) is 6.42 Å². The lowest BCUT2D eigenvalue weighted by atomic mass is 10.0. The van der Waals surface area contributed by atoms with E-state index in [9.17, 15) is 4.79 Å². The number of carbonyl (C=O) groups excluding carboxylic acids is 1. The Bertz CT molecular complexity index is 565. The van der Waals surface area contributed by atoms with Gasteiger partial charge in [0, 0.05) is 20.1 Å². The van der Waals surface area contributed by atoms with Gasteiger partial charge in [0.25, 0.3) is 0 Å². The molecule has 0 aliphatic rings. The SMILES string of the molecule is C#CCN(C)CC(C)c1cccc(OC(=O)N(C)CCCCCC)c1. The quantitative estimate of drug-likeness (QED) is 0.467. The van der Waals surface area contributed by atoms with E-state index in [4.69, 9.17) is 11.2 Å². The number of carbonyl (C=O) groups is 1. The molecule has 0 heterocycles. The molecule has 1 aromatic rings. The van der Waals surface area contributed by atoms with Gasteiger partial charge in [-0.1, -0.05) is 51.2 Å². The van der Waals surface area contributed by atoms with Crippen molar-refractivity contribution in [1.82, 2.24) is 9.80 Å². The molecular weight excluding hydrogens is 312 g/mol. The van der Waals surface area contributed by atoms with Gasteiger partial charge >= 0.3 is 6.09 Å². The van der Waals surface area contributed by atoms with Crippen molar-refractivity contribution in [2.75, 3.05) is 33.7 Å². The van der Waals surface area contributed by atoms with Crippen molar-refractivity contribution in [1.29, 1.82) is 0 Å². The molecule has 4 heteroatoms. The number of hydrogen-bond acceptors (Lipinski definition) is 3. The lowest BCUT2D eigenvalue weighted by Crippen LogP contribution is -2.30. The Morgan fingerprint density at radius 1 is 1.28 bits per heavy atom. The summed E-state index contributed by atoms with van der Waals surface area (Å²) >= 11 is 0. The van der Waals surface area contributed by atoms with E-state index >= 15 is 0 Å². The van der Waals surface area contributed by atoms with Crippen LogP contribution in [0.2, 0.25) is 0 Å². The zero-order valence-corrected chi connectivity index (χ0v) is 16.1. The molecule has 0 spiro atoms. The average Bonchev–Trinajstić information content (AvgIpc) is 2.58. The Labute approximate surface area is 153 Å². The number of unbranched alkanes of at least 4 members (excludes halogenated alkanes) is 3. The van der Waals surface area contributed by atoms with Crippen molar-refractivity contribution < 1.29 is 9.53 Å². The predicted octanol–water partition coefficient (Wildman–Crippen LogP) is 4.37. The molecule has 25 heavy (non-hydrogen) atoms. The van der Waals surface area contributed by atoms with E-state index in [0.29, 0.717) is 18.2 Å². The molecule has 0 saturated heterocycles. The van der Waals surface area contributed by atoms with Crippen molar-refractivity contribution in [3.63, 3.8) is 0 Å². The molecule has 0 saturated carbocycles. The van der Waals surface area contributed by atoms with Crippen LogP contribution in [-0.4, -0.2) is 49.6 Å². The van der Waals surface area contributed by atoms with E-state index in [1.54, 1.807) is 11.9 Å². The third-order valence-corrected chi connectivity index (χ3v) is 4.24. The summed E-state index contributed by atoms with van der Waals surface area (Å²) in [6, 6.07) is 7.75. The lowest BCUT2D eigenvalue weighted by Gasteiger charge is -2.20. The first-order valence-electron chi connectivity index (χ1n) is 9.12. The fourth-order valence-electron chi connectivity index (χ4n) is 2.72. The third kappa shape index (κ3) is 8.09. The van der Waals surface area contributed by atoms with E-state index in [0.717, 1.165) is 31.5 Å². The van der Waals surface area contributed by atoms with Gasteiger partial charge in [-0.25, -0.2) is 4.79 Å². The van der Waals surface area contributed by atoms with Crippen LogP contribution in [0.4, 0.5) is 4.79 Å². The summed E-state index contributed by atoms with van der Waals surface area (Å²) in [7, 11) is 3.79. The van der Waals surface area contributed by atoms with E-state index in [1.807, 2.05) is 25.2 Å². The topological polar surface area (TPSA) is 32.8 Å². The van der Waals surface area contributed by atoms with Crippen molar-refractivity contribution in [3.8, 4) is 18.1 Å². The second kappa shape index (κ2) is 11.5. The molecule has 0 aliphatic carbocycles. The summed E-state index contributed by atoms with van der Waals surface area (Å²) in [5.41, 5.74) is 1.14. The molecule has 4 nitrogen and oxygen atoms in total. The van der Waals surface area contributed by atoms with Gasteiger partial charge in [-0.2, -0.15) is 0 Å². The van der Waals surface area contributed by atoms with Crippen LogP contribution in [0, 0.1) is 12.3 Å². The second-order valence-corrected chi connectivity index (χ2v) is 6.72. The minimum atomic E-state index is -0.300. The highest BCUT2D eigenvalue weighted by Gasteiger charge is 2.13. The monoisotopic (exact) mass is 344 g/mol. The maximum absolute atomic E-state index is 12.2. The molecule has 0 N–H and O–H groups in total. The smallest absolute Gasteiger partial charge is 0.410 e. The normalized spacial score (nSPS) is 11.8. The number of likely N-dealkylation sites (N-methyl/N-ethyl adjacent to an activating group) is 1. The highest BCUT2D eigenvalue weighted by molar-refractivity contribution is 5.70. The molecule has 0 radical (unpaired) electrons. The number of amides is 1. The van der Waals surface area contributed by atoms with Crippen LogP contribution in [0.15, 0.2) is 24.3 Å². The van der Waals surface area contributed by atoms with E-state index < -0.39 is 0 Å². The largest absolute Gasteiger partial charge is 0.414 e. The molecule has 1 rings (SSSR count). The van der Waals surface area contributed by atoms with Crippen LogP contribution in [0.1, 0.15) is 51.0 Å². The van der Waals surface area contributed by atoms with Gasteiger partial charge in [0.2, 0.25) is 0 Å². The number of benzene rings is 1. The first kappa shape index (κ1) is 21.1. The molecular formula is C21H32N2O2. The van der Waals surface area contributed by atoms with Gasteiger partial charge in [0.1, 0.15) is 5.75 Å². The Morgan fingerprint density at radius 2 is 2.04 bits per heavy atom. The molecule has 138 valence electrons. The number of rotatable bonds is 10. The van der Waals surface area contributed by atoms with E-state index in [2.05, 4.69) is 30.7 Å². The van der Waals surface area contributed by atoms with Gasteiger partial charge < -0.3 is 9.64 Å². The Balaban J connectivity index is 2.56. The van der Waals surface area contributed by atoms with Gasteiger partial charge in [-0.3, -0.25) is 4.90 Å². The Kier molecular flexibility index (Phi) is 9.72. The second-order valence-electron chi connectivity index (χ2n) is 6.72. The fraction of sp³-hybridized carbons (Fsp3) is 0.571. The Morgan fingerprint density at radius 3 is 2.72 bits per heavy atom. The van der Waals surface area contributed by atoms with Crippen molar-refractivity contribution in [2.45, 2.75) is 45.4 Å². The summed E-state index contributed by atoms with van der Waals surface area (Å²) in [5, 5.41) is 0. The van der Waals surface area contributed by atoms with Crippen LogP contribution in [0.3, 0.4) is 0 Å². The number of terminal acetylenes is 1.